The Morgan fingerprint density at radius 3 is 2.25 bits per heavy atom. The fraction of sp³-hybridized carbons (Fsp3) is 0.909. The number of Topliss-reactive ketones (excluding diaryl/α,β-unsaturated/α-hetero) is 1. The summed E-state index contributed by atoms with van der Waals surface area (Å²) in [5, 5.41) is -0.953. The van der Waals surface area contributed by atoms with Crippen LogP contribution in [0.25, 0.3) is 0 Å². The molecule has 0 N–H and O–H groups in total. The molecular formula is C11H18O4S. The number of carbonyl (C=O) groups excluding carboxylic acids is 1. The highest BCUT2D eigenvalue weighted by atomic mass is 32.2. The van der Waals surface area contributed by atoms with Crippen LogP contribution in [0.1, 0.15) is 33.6 Å². The summed E-state index contributed by atoms with van der Waals surface area (Å²) in [6, 6.07) is 0. The number of carbonyl (C=O) groups is 1. The summed E-state index contributed by atoms with van der Waals surface area (Å²) >= 11 is 0. The van der Waals surface area contributed by atoms with E-state index in [9.17, 15) is 13.2 Å². The van der Waals surface area contributed by atoms with E-state index < -0.39 is 20.8 Å². The number of ketones is 1. The van der Waals surface area contributed by atoms with Gasteiger partial charge < -0.3 is 0 Å². The Hall–Kier alpha value is -0.420. The molecule has 2 rings (SSSR count). The molecule has 0 unspecified atom stereocenters. The lowest BCUT2D eigenvalue weighted by molar-refractivity contribution is -0.128. The Morgan fingerprint density at radius 1 is 1.31 bits per heavy atom. The van der Waals surface area contributed by atoms with Gasteiger partial charge in [-0.25, -0.2) is 0 Å². The first kappa shape index (κ1) is 12.0. The van der Waals surface area contributed by atoms with E-state index in [1.807, 2.05) is 20.8 Å². The molecule has 16 heavy (non-hydrogen) atoms. The minimum atomic E-state index is -3.74. The fourth-order valence-corrected chi connectivity index (χ4v) is 5.05. The molecule has 4 nitrogen and oxygen atoms in total. The summed E-state index contributed by atoms with van der Waals surface area (Å²) in [5.41, 5.74) is -0.756. The summed E-state index contributed by atoms with van der Waals surface area (Å²) in [5.74, 6) is -0.259. The molecule has 2 fully saturated rings. The van der Waals surface area contributed by atoms with Gasteiger partial charge in [-0.15, -0.1) is 0 Å². The SMILES string of the molecule is COS(=O)(=O)[C@H]1C(=O)[C@]2(C)CC[C@@H]1C2(C)C. The van der Waals surface area contributed by atoms with Crippen LogP contribution >= 0.6 is 0 Å². The number of fused-ring (bicyclic) bond motifs is 2. The number of hydrogen-bond acceptors (Lipinski definition) is 4. The molecule has 2 aliphatic carbocycles. The zero-order valence-corrected chi connectivity index (χ0v) is 10.9. The van der Waals surface area contributed by atoms with Crippen molar-refractivity contribution in [3.05, 3.63) is 0 Å². The predicted octanol–water partition coefficient (Wildman–Crippen LogP) is 1.36. The predicted molar refractivity (Wildman–Crippen MR) is 59.3 cm³/mol. The Bertz CT molecular complexity index is 437. The molecule has 0 aromatic carbocycles. The lowest BCUT2D eigenvalue weighted by Crippen LogP contribution is -2.39. The second-order valence-corrected chi connectivity index (χ2v) is 7.47. The van der Waals surface area contributed by atoms with Crippen LogP contribution in [0.3, 0.4) is 0 Å². The van der Waals surface area contributed by atoms with Crippen LogP contribution in [0.2, 0.25) is 0 Å². The molecular weight excluding hydrogens is 228 g/mol. The second-order valence-electron chi connectivity index (χ2n) is 5.64. The Morgan fingerprint density at radius 2 is 1.88 bits per heavy atom. The molecule has 2 bridgehead atoms. The van der Waals surface area contributed by atoms with Crippen molar-refractivity contribution >= 4 is 15.9 Å². The van der Waals surface area contributed by atoms with E-state index in [2.05, 4.69) is 4.18 Å². The average Bonchev–Trinajstić information content (AvgIpc) is 2.49. The Kier molecular flexibility index (Phi) is 2.31. The van der Waals surface area contributed by atoms with E-state index >= 15 is 0 Å². The van der Waals surface area contributed by atoms with Gasteiger partial charge in [-0.05, 0) is 24.2 Å². The third kappa shape index (κ3) is 1.13. The molecule has 0 aromatic rings. The number of rotatable bonds is 2. The van der Waals surface area contributed by atoms with Crippen molar-refractivity contribution in [3.8, 4) is 0 Å². The van der Waals surface area contributed by atoms with Crippen molar-refractivity contribution in [2.75, 3.05) is 7.11 Å². The maximum absolute atomic E-state index is 12.3. The van der Waals surface area contributed by atoms with Crippen LogP contribution in [-0.4, -0.2) is 26.6 Å². The summed E-state index contributed by atoms with van der Waals surface area (Å²) < 4.78 is 28.1. The van der Waals surface area contributed by atoms with Gasteiger partial charge >= 0.3 is 0 Å². The van der Waals surface area contributed by atoms with Crippen LogP contribution in [0.4, 0.5) is 0 Å². The average molecular weight is 246 g/mol. The normalized spacial score (nSPS) is 41.6. The second kappa shape index (κ2) is 3.07. The quantitative estimate of drug-likeness (QED) is 0.690. The van der Waals surface area contributed by atoms with Crippen LogP contribution in [0.5, 0.6) is 0 Å². The van der Waals surface area contributed by atoms with E-state index in [0.29, 0.717) is 0 Å². The topological polar surface area (TPSA) is 60.4 Å². The highest BCUT2D eigenvalue weighted by Gasteiger charge is 2.69. The summed E-state index contributed by atoms with van der Waals surface area (Å²) in [6.07, 6.45) is 1.59. The van der Waals surface area contributed by atoms with Crippen LogP contribution in [0.15, 0.2) is 0 Å². The fourth-order valence-electron chi connectivity index (χ4n) is 3.44. The minimum Gasteiger partial charge on any atom is -0.297 e. The smallest absolute Gasteiger partial charge is 0.277 e. The van der Waals surface area contributed by atoms with Crippen molar-refractivity contribution in [2.45, 2.75) is 38.9 Å². The molecule has 0 spiro atoms. The van der Waals surface area contributed by atoms with E-state index in [-0.39, 0.29) is 17.1 Å². The molecule has 92 valence electrons. The van der Waals surface area contributed by atoms with Gasteiger partial charge in [-0.3, -0.25) is 8.98 Å². The van der Waals surface area contributed by atoms with Crippen molar-refractivity contribution in [1.29, 1.82) is 0 Å². The highest BCUT2D eigenvalue weighted by molar-refractivity contribution is 7.88. The van der Waals surface area contributed by atoms with Gasteiger partial charge in [0.05, 0.1) is 7.11 Å². The van der Waals surface area contributed by atoms with Crippen LogP contribution in [-0.2, 0) is 19.1 Å². The Balaban J connectivity index is 2.53. The van der Waals surface area contributed by atoms with Gasteiger partial charge in [0.2, 0.25) is 0 Å². The van der Waals surface area contributed by atoms with Crippen molar-refractivity contribution < 1.29 is 17.4 Å². The van der Waals surface area contributed by atoms with Gasteiger partial charge in [-0.1, -0.05) is 20.8 Å². The Labute approximate surface area is 96.5 Å². The minimum absolute atomic E-state index is 0.102. The highest BCUT2D eigenvalue weighted by Crippen LogP contribution is 2.64. The van der Waals surface area contributed by atoms with Crippen LogP contribution in [0, 0.1) is 16.7 Å². The zero-order valence-electron chi connectivity index (χ0n) is 10.1. The van der Waals surface area contributed by atoms with Crippen LogP contribution < -0.4 is 0 Å². The zero-order chi connectivity index (χ0) is 12.4. The monoisotopic (exact) mass is 246 g/mol. The summed E-state index contributed by atoms with van der Waals surface area (Å²) in [6.45, 7) is 5.88. The van der Waals surface area contributed by atoms with E-state index in [1.165, 1.54) is 0 Å². The molecule has 2 saturated carbocycles. The third-order valence-corrected chi connectivity index (χ3v) is 6.64. The van der Waals surface area contributed by atoms with Gasteiger partial charge in [-0.2, -0.15) is 8.42 Å². The molecule has 2 aliphatic rings. The summed E-state index contributed by atoms with van der Waals surface area (Å²) in [4.78, 5) is 12.3. The molecule has 5 heteroatoms. The molecule has 0 amide bonds. The first-order chi connectivity index (χ1) is 7.18. The van der Waals surface area contributed by atoms with Gasteiger partial charge in [0.25, 0.3) is 10.1 Å². The first-order valence-electron chi connectivity index (χ1n) is 5.52. The molecule has 0 aliphatic heterocycles. The van der Waals surface area contributed by atoms with Crippen molar-refractivity contribution in [3.63, 3.8) is 0 Å². The molecule has 0 saturated heterocycles. The molecule has 3 atom stereocenters. The maximum atomic E-state index is 12.3. The summed E-state index contributed by atoms with van der Waals surface area (Å²) in [7, 11) is -2.61. The molecule has 0 heterocycles. The van der Waals surface area contributed by atoms with Crippen molar-refractivity contribution in [2.24, 2.45) is 16.7 Å². The molecule has 0 aromatic heterocycles. The largest absolute Gasteiger partial charge is 0.297 e. The van der Waals surface area contributed by atoms with Gasteiger partial charge in [0.15, 0.2) is 5.78 Å². The van der Waals surface area contributed by atoms with E-state index in [0.717, 1.165) is 20.0 Å². The third-order valence-electron chi connectivity index (χ3n) is 5.02. The van der Waals surface area contributed by atoms with Gasteiger partial charge in [0, 0.05) is 5.41 Å². The maximum Gasteiger partial charge on any atom is 0.277 e. The standard InChI is InChI=1S/C11H18O4S/c1-10(2)7-5-6-11(10,3)9(12)8(7)16(13,14)15-4/h7-8H,5-6H2,1-4H3/t7-,8+,11-/m0/s1. The first-order valence-corrected chi connectivity index (χ1v) is 6.99. The van der Waals surface area contributed by atoms with Crippen molar-refractivity contribution in [1.82, 2.24) is 0 Å². The van der Waals surface area contributed by atoms with Gasteiger partial charge in [0.1, 0.15) is 5.25 Å². The lowest BCUT2D eigenvalue weighted by Gasteiger charge is -2.32. The lowest BCUT2D eigenvalue weighted by atomic mass is 9.70. The van der Waals surface area contributed by atoms with E-state index in [1.54, 1.807) is 0 Å². The number of hydrogen-bond donors (Lipinski definition) is 0. The van der Waals surface area contributed by atoms with E-state index in [4.69, 9.17) is 0 Å². The molecule has 0 radical (unpaired) electrons.